The minimum Gasteiger partial charge on any atom is -0.354 e. The molecule has 192 valence electrons. The number of carbonyl (C=O) groups is 2. The van der Waals surface area contributed by atoms with Crippen LogP contribution in [-0.4, -0.2) is 50.5 Å². The van der Waals surface area contributed by atoms with E-state index in [1.807, 2.05) is 45.0 Å². The Morgan fingerprint density at radius 1 is 1.09 bits per heavy atom. The summed E-state index contributed by atoms with van der Waals surface area (Å²) in [6.45, 7) is 8.44. The molecule has 9 heteroatoms. The van der Waals surface area contributed by atoms with Crippen LogP contribution in [0, 0.1) is 13.8 Å². The molecule has 0 saturated carbocycles. The van der Waals surface area contributed by atoms with Crippen molar-refractivity contribution in [1.29, 1.82) is 0 Å². The molecule has 1 N–H and O–H groups in total. The molecule has 0 aliphatic carbocycles. The molecule has 7 nitrogen and oxygen atoms in total. The Morgan fingerprint density at radius 3 is 2.40 bits per heavy atom. The number of benzene rings is 2. The van der Waals surface area contributed by atoms with E-state index >= 15 is 0 Å². The van der Waals surface area contributed by atoms with E-state index in [0.717, 1.165) is 29.4 Å². The minimum atomic E-state index is -3.58. The number of nitrogens with one attached hydrogen (secondary N) is 1. The van der Waals surface area contributed by atoms with Crippen LogP contribution < -0.4 is 9.62 Å². The molecule has 0 aromatic heterocycles. The van der Waals surface area contributed by atoms with E-state index in [0.29, 0.717) is 30.2 Å². The molecule has 0 spiro atoms. The first-order valence-corrected chi connectivity index (χ1v) is 14.0. The molecule has 2 aromatic rings. The fourth-order valence-electron chi connectivity index (χ4n) is 3.78. The number of hydrogen-bond donors (Lipinski definition) is 1. The van der Waals surface area contributed by atoms with Crippen molar-refractivity contribution < 1.29 is 18.0 Å². The first kappa shape index (κ1) is 28.7. The number of nitrogens with zero attached hydrogens (tertiary/aromatic N) is 2. The zero-order chi connectivity index (χ0) is 26.2. The predicted molar refractivity (Wildman–Crippen MR) is 142 cm³/mol. The van der Waals surface area contributed by atoms with Crippen molar-refractivity contribution in [2.24, 2.45) is 0 Å². The summed E-state index contributed by atoms with van der Waals surface area (Å²) in [5, 5.41) is 3.30. The van der Waals surface area contributed by atoms with Gasteiger partial charge in [0.15, 0.2) is 0 Å². The summed E-state index contributed by atoms with van der Waals surface area (Å²) in [5.74, 6) is -0.412. The van der Waals surface area contributed by atoms with E-state index in [1.54, 1.807) is 30.0 Å². The summed E-state index contributed by atoms with van der Waals surface area (Å²) < 4.78 is 26.3. The Balaban J connectivity index is 2.20. The SMILES string of the molecule is CCCNC(=O)[C@@H](C)N(Cc1ccccc1C)C(=O)CCCN(c1cc(Cl)ccc1C)S(C)(=O)=O. The Bertz CT molecular complexity index is 1140. The molecule has 0 radical (unpaired) electrons. The Morgan fingerprint density at radius 2 is 1.77 bits per heavy atom. The molecule has 2 amide bonds. The first-order valence-electron chi connectivity index (χ1n) is 11.8. The lowest BCUT2D eigenvalue weighted by molar-refractivity contribution is -0.140. The number of rotatable bonds is 12. The van der Waals surface area contributed by atoms with Crippen LogP contribution in [-0.2, 0) is 26.2 Å². The van der Waals surface area contributed by atoms with Gasteiger partial charge in [0, 0.05) is 31.1 Å². The standard InChI is InChI=1S/C26H36ClN3O4S/c1-6-15-28-26(32)21(4)29(18-22-11-8-7-10-19(22)2)25(31)12-9-16-30(35(5,33)34)24-17-23(27)14-13-20(24)3/h7-8,10-11,13-14,17,21H,6,9,12,15-16,18H2,1-5H3,(H,28,32)/t21-/m1/s1. The summed E-state index contributed by atoms with van der Waals surface area (Å²) in [6.07, 6.45) is 2.34. The highest BCUT2D eigenvalue weighted by molar-refractivity contribution is 7.92. The number of hydrogen-bond acceptors (Lipinski definition) is 4. The second-order valence-corrected chi connectivity index (χ2v) is 11.1. The summed E-state index contributed by atoms with van der Waals surface area (Å²) in [6, 6.07) is 12.2. The Hall–Kier alpha value is -2.58. The normalized spacial score (nSPS) is 12.2. The van der Waals surface area contributed by atoms with Gasteiger partial charge in [-0.15, -0.1) is 0 Å². The third-order valence-corrected chi connectivity index (χ3v) is 7.33. The average Bonchev–Trinajstić information content (AvgIpc) is 2.80. The Labute approximate surface area is 214 Å². The van der Waals surface area contributed by atoms with Crippen LogP contribution >= 0.6 is 11.6 Å². The van der Waals surface area contributed by atoms with E-state index in [-0.39, 0.29) is 24.8 Å². The quantitative estimate of drug-likeness (QED) is 0.447. The zero-order valence-electron chi connectivity index (χ0n) is 21.2. The second-order valence-electron chi connectivity index (χ2n) is 8.78. The lowest BCUT2D eigenvalue weighted by Crippen LogP contribution is -2.48. The molecule has 2 rings (SSSR count). The van der Waals surface area contributed by atoms with Gasteiger partial charge in [0.05, 0.1) is 11.9 Å². The molecule has 0 heterocycles. The van der Waals surface area contributed by atoms with Gasteiger partial charge >= 0.3 is 0 Å². The topological polar surface area (TPSA) is 86.8 Å². The average molecular weight is 522 g/mol. The molecule has 0 unspecified atom stereocenters. The molecule has 0 saturated heterocycles. The smallest absolute Gasteiger partial charge is 0.242 e. The van der Waals surface area contributed by atoms with E-state index < -0.39 is 16.1 Å². The number of amides is 2. The van der Waals surface area contributed by atoms with Crippen molar-refractivity contribution in [3.63, 3.8) is 0 Å². The molecule has 0 aliphatic rings. The molecule has 35 heavy (non-hydrogen) atoms. The van der Waals surface area contributed by atoms with Crippen molar-refractivity contribution in [3.05, 3.63) is 64.2 Å². The molecule has 0 bridgehead atoms. The summed E-state index contributed by atoms with van der Waals surface area (Å²) >= 11 is 6.11. The maximum Gasteiger partial charge on any atom is 0.242 e. The fourth-order valence-corrected chi connectivity index (χ4v) is 4.96. The largest absolute Gasteiger partial charge is 0.354 e. The molecular weight excluding hydrogens is 486 g/mol. The second kappa shape index (κ2) is 12.9. The number of halogens is 1. The number of sulfonamides is 1. The van der Waals surface area contributed by atoms with Gasteiger partial charge in [-0.2, -0.15) is 0 Å². The van der Waals surface area contributed by atoms with Gasteiger partial charge in [0.2, 0.25) is 21.8 Å². The van der Waals surface area contributed by atoms with Crippen LogP contribution in [0.2, 0.25) is 5.02 Å². The van der Waals surface area contributed by atoms with Gasteiger partial charge in [-0.05, 0) is 62.4 Å². The zero-order valence-corrected chi connectivity index (χ0v) is 22.7. The van der Waals surface area contributed by atoms with Crippen molar-refractivity contribution in [2.75, 3.05) is 23.7 Å². The predicted octanol–water partition coefficient (Wildman–Crippen LogP) is 4.45. The van der Waals surface area contributed by atoms with Gasteiger partial charge in [0.25, 0.3) is 0 Å². The third-order valence-electron chi connectivity index (χ3n) is 5.91. The lowest BCUT2D eigenvalue weighted by atomic mass is 10.1. The molecule has 0 fully saturated rings. The van der Waals surface area contributed by atoms with Crippen LogP contribution in [0.4, 0.5) is 5.69 Å². The van der Waals surface area contributed by atoms with Crippen molar-refractivity contribution >= 4 is 39.1 Å². The highest BCUT2D eigenvalue weighted by atomic mass is 35.5. The van der Waals surface area contributed by atoms with E-state index in [1.165, 1.54) is 4.31 Å². The van der Waals surface area contributed by atoms with Crippen molar-refractivity contribution in [2.45, 2.75) is 59.5 Å². The van der Waals surface area contributed by atoms with Gasteiger partial charge in [-0.25, -0.2) is 8.42 Å². The molecule has 2 aromatic carbocycles. The maximum atomic E-state index is 13.3. The number of anilines is 1. The monoisotopic (exact) mass is 521 g/mol. The van der Waals surface area contributed by atoms with Crippen LogP contribution in [0.25, 0.3) is 0 Å². The number of aryl methyl sites for hydroxylation is 2. The van der Waals surface area contributed by atoms with Crippen LogP contribution in [0.15, 0.2) is 42.5 Å². The van der Waals surface area contributed by atoms with Gasteiger partial charge < -0.3 is 10.2 Å². The first-order chi connectivity index (χ1) is 16.5. The van der Waals surface area contributed by atoms with Crippen LogP contribution in [0.1, 0.15) is 49.8 Å². The molecule has 1 atom stereocenters. The summed E-state index contributed by atoms with van der Waals surface area (Å²) in [4.78, 5) is 27.6. The van der Waals surface area contributed by atoms with Crippen LogP contribution in [0.3, 0.4) is 0 Å². The highest BCUT2D eigenvalue weighted by Gasteiger charge is 2.27. The van der Waals surface area contributed by atoms with E-state index in [4.69, 9.17) is 11.6 Å². The van der Waals surface area contributed by atoms with Crippen LogP contribution in [0.5, 0.6) is 0 Å². The fraction of sp³-hybridized carbons (Fsp3) is 0.462. The summed E-state index contributed by atoms with van der Waals surface area (Å²) in [7, 11) is -3.58. The van der Waals surface area contributed by atoms with Crippen molar-refractivity contribution in [3.8, 4) is 0 Å². The molecule has 0 aliphatic heterocycles. The maximum absolute atomic E-state index is 13.3. The van der Waals surface area contributed by atoms with E-state index in [9.17, 15) is 18.0 Å². The number of carbonyl (C=O) groups excluding carboxylic acids is 2. The summed E-state index contributed by atoms with van der Waals surface area (Å²) in [5.41, 5.74) is 3.26. The lowest BCUT2D eigenvalue weighted by Gasteiger charge is -2.30. The van der Waals surface area contributed by atoms with Crippen molar-refractivity contribution in [1.82, 2.24) is 10.2 Å². The minimum absolute atomic E-state index is 0.100. The Kier molecular flexibility index (Phi) is 10.6. The van der Waals surface area contributed by atoms with Gasteiger partial charge in [-0.1, -0.05) is 48.9 Å². The highest BCUT2D eigenvalue weighted by Crippen LogP contribution is 2.27. The third kappa shape index (κ3) is 8.25. The van der Waals surface area contributed by atoms with Gasteiger partial charge in [0.1, 0.15) is 6.04 Å². The van der Waals surface area contributed by atoms with E-state index in [2.05, 4.69) is 5.32 Å². The molecular formula is C26H36ClN3O4S. The van der Waals surface area contributed by atoms with Gasteiger partial charge in [-0.3, -0.25) is 13.9 Å².